The molecule has 2 atom stereocenters. The van der Waals surface area contributed by atoms with E-state index in [1.165, 1.54) is 10.6 Å². The van der Waals surface area contributed by atoms with Gasteiger partial charge in [-0.15, -0.1) is 10.2 Å². The van der Waals surface area contributed by atoms with Crippen LogP contribution < -0.4 is 10.9 Å². The summed E-state index contributed by atoms with van der Waals surface area (Å²) in [5.74, 6) is 0.0120. The summed E-state index contributed by atoms with van der Waals surface area (Å²) in [6, 6.07) is 23.7. The molecule has 3 aromatic carbocycles. The van der Waals surface area contributed by atoms with E-state index in [0.29, 0.717) is 28.4 Å². The fraction of sp³-hybridized carbons (Fsp3) is 0.194. The Labute approximate surface area is 246 Å². The predicted octanol–water partition coefficient (Wildman–Crippen LogP) is 5.49. The van der Waals surface area contributed by atoms with Gasteiger partial charge in [-0.3, -0.25) is 9.59 Å². The summed E-state index contributed by atoms with van der Waals surface area (Å²) in [6.07, 6.45) is 2.08. The first-order valence-electron chi connectivity index (χ1n) is 13.3. The largest absolute Gasteiger partial charge is 0.345 e. The van der Waals surface area contributed by atoms with E-state index in [4.69, 9.17) is 11.6 Å². The zero-order chi connectivity index (χ0) is 29.6. The average Bonchev–Trinajstić information content (AvgIpc) is 3.53. The fourth-order valence-corrected chi connectivity index (χ4v) is 5.22. The van der Waals surface area contributed by atoms with Gasteiger partial charge in [0, 0.05) is 35.8 Å². The molecular weight excluding hydrogens is 554 g/mol. The van der Waals surface area contributed by atoms with Gasteiger partial charge in [-0.1, -0.05) is 64.5 Å². The minimum absolute atomic E-state index is 0.151. The number of pyridine rings is 1. The number of rotatable bonds is 10. The highest BCUT2D eigenvalue weighted by molar-refractivity contribution is 6.30. The molecule has 42 heavy (non-hydrogen) atoms. The lowest BCUT2D eigenvalue weighted by molar-refractivity contribution is 0.0950. The molecule has 0 aliphatic heterocycles. The Kier molecular flexibility index (Phi) is 8.63. The average molecular weight is 582 g/mol. The summed E-state index contributed by atoms with van der Waals surface area (Å²) < 4.78 is 1.45. The molecule has 0 saturated carbocycles. The number of nitroso groups, excluding NO2 is 1. The van der Waals surface area contributed by atoms with Crippen LogP contribution in [0.2, 0.25) is 5.02 Å². The molecule has 2 unspecified atom stereocenters. The van der Waals surface area contributed by atoms with Crippen LogP contribution in [0, 0.1) is 11.8 Å². The number of aryl methyl sites for hydroxylation is 2. The Balaban J connectivity index is 1.39. The van der Waals surface area contributed by atoms with Crippen LogP contribution in [0.1, 0.15) is 56.8 Å². The van der Waals surface area contributed by atoms with Crippen molar-refractivity contribution in [3.05, 3.63) is 139 Å². The molecular formula is C31H28ClN7O3. The number of hydrogen-bond donors (Lipinski definition) is 2. The Morgan fingerprint density at radius 2 is 1.69 bits per heavy atom. The van der Waals surface area contributed by atoms with Gasteiger partial charge in [0.2, 0.25) is 5.56 Å². The molecule has 0 aliphatic rings. The third-order valence-corrected chi connectivity index (χ3v) is 7.51. The normalized spacial score (nSPS) is 12.5. The summed E-state index contributed by atoms with van der Waals surface area (Å²) in [6.45, 7) is 2.17. The van der Waals surface area contributed by atoms with Crippen molar-refractivity contribution >= 4 is 17.5 Å². The van der Waals surface area contributed by atoms with Crippen LogP contribution in [0.4, 0.5) is 0 Å². The molecule has 212 valence electrons. The van der Waals surface area contributed by atoms with Crippen molar-refractivity contribution in [2.24, 2.45) is 12.2 Å². The maximum atomic E-state index is 12.5. The first-order chi connectivity index (χ1) is 20.3. The van der Waals surface area contributed by atoms with E-state index in [1.54, 1.807) is 31.4 Å². The lowest BCUT2D eigenvalue weighted by Crippen LogP contribution is -2.23. The SMILES string of the molecule is Cc1cc(Cl)ccc1C(CC(N=O)c1ccc(=O)n(C)c1)c1ccc(-c2ccc(C(=O)NCc3nn[nH]n3)cc2)cc1. The van der Waals surface area contributed by atoms with Gasteiger partial charge in [-0.2, -0.15) is 10.1 Å². The predicted molar refractivity (Wildman–Crippen MR) is 160 cm³/mol. The molecule has 11 heteroatoms. The molecule has 10 nitrogen and oxygen atoms in total. The number of aromatic nitrogens is 5. The number of hydrogen-bond acceptors (Lipinski definition) is 7. The van der Waals surface area contributed by atoms with Crippen LogP contribution in [0.5, 0.6) is 0 Å². The number of tetrazole rings is 1. The summed E-state index contributed by atoms with van der Waals surface area (Å²) in [7, 11) is 1.66. The Hall–Kier alpha value is -4.96. The number of benzene rings is 3. The third-order valence-electron chi connectivity index (χ3n) is 7.28. The third kappa shape index (κ3) is 6.50. The Morgan fingerprint density at radius 1 is 1.00 bits per heavy atom. The molecule has 2 heterocycles. The van der Waals surface area contributed by atoms with Crippen molar-refractivity contribution in [3.63, 3.8) is 0 Å². The number of halogens is 1. The molecule has 5 rings (SSSR count). The standard InChI is InChI=1S/C31H28ClN7O3/c1-19-15-25(32)12-13-26(19)27(16-28(36-42)24-11-14-30(40)39(2)18-24)22-7-3-20(4-8-22)21-5-9-23(10-6-21)31(41)33-17-29-34-37-38-35-29/h3-15,18,27-28H,16-17H2,1-2H3,(H,33,41)(H,34,35,37,38). The number of amides is 1. The fourth-order valence-electron chi connectivity index (χ4n) is 4.99. The molecule has 2 N–H and O–H groups in total. The quantitative estimate of drug-likeness (QED) is 0.209. The maximum Gasteiger partial charge on any atom is 0.251 e. The van der Waals surface area contributed by atoms with E-state index >= 15 is 0 Å². The first-order valence-corrected chi connectivity index (χ1v) is 13.7. The highest BCUT2D eigenvalue weighted by Crippen LogP contribution is 2.38. The highest BCUT2D eigenvalue weighted by atomic mass is 35.5. The monoisotopic (exact) mass is 581 g/mol. The van der Waals surface area contributed by atoms with E-state index in [9.17, 15) is 14.5 Å². The smallest absolute Gasteiger partial charge is 0.251 e. The van der Waals surface area contributed by atoms with Crippen molar-refractivity contribution in [3.8, 4) is 11.1 Å². The van der Waals surface area contributed by atoms with Gasteiger partial charge in [0.25, 0.3) is 5.91 Å². The van der Waals surface area contributed by atoms with Crippen LogP contribution in [-0.2, 0) is 13.6 Å². The Morgan fingerprint density at radius 3 is 2.31 bits per heavy atom. The van der Waals surface area contributed by atoms with E-state index in [2.05, 4.69) is 31.1 Å². The number of carbonyl (C=O) groups is 1. The minimum Gasteiger partial charge on any atom is -0.345 e. The van der Waals surface area contributed by atoms with E-state index in [-0.39, 0.29) is 23.9 Å². The van der Waals surface area contributed by atoms with Crippen molar-refractivity contribution in [1.29, 1.82) is 0 Å². The lowest BCUT2D eigenvalue weighted by Gasteiger charge is -2.23. The molecule has 0 saturated heterocycles. The van der Waals surface area contributed by atoms with Gasteiger partial charge in [-0.25, -0.2) is 0 Å². The molecule has 0 bridgehead atoms. The van der Waals surface area contributed by atoms with E-state index in [0.717, 1.165) is 27.8 Å². The van der Waals surface area contributed by atoms with E-state index < -0.39 is 6.04 Å². The molecule has 0 radical (unpaired) electrons. The topological polar surface area (TPSA) is 135 Å². The van der Waals surface area contributed by atoms with Gasteiger partial charge in [0.1, 0.15) is 6.04 Å². The van der Waals surface area contributed by atoms with Gasteiger partial charge >= 0.3 is 0 Å². The zero-order valence-electron chi connectivity index (χ0n) is 23.0. The second kappa shape index (κ2) is 12.7. The Bertz CT molecular complexity index is 1750. The van der Waals surface area contributed by atoms with Crippen molar-refractivity contribution in [2.45, 2.75) is 31.8 Å². The van der Waals surface area contributed by atoms with Crippen molar-refractivity contribution < 1.29 is 4.79 Å². The van der Waals surface area contributed by atoms with Gasteiger partial charge < -0.3 is 9.88 Å². The van der Waals surface area contributed by atoms with Crippen LogP contribution in [-0.4, -0.2) is 31.1 Å². The lowest BCUT2D eigenvalue weighted by atomic mass is 9.82. The summed E-state index contributed by atoms with van der Waals surface area (Å²) >= 11 is 6.25. The highest BCUT2D eigenvalue weighted by Gasteiger charge is 2.24. The van der Waals surface area contributed by atoms with Crippen LogP contribution in [0.3, 0.4) is 0 Å². The number of nitrogens with one attached hydrogen (secondary N) is 2. The number of aromatic amines is 1. The molecule has 0 spiro atoms. The first kappa shape index (κ1) is 28.6. The number of nitrogens with zero attached hydrogens (tertiary/aromatic N) is 5. The van der Waals surface area contributed by atoms with Crippen molar-refractivity contribution in [2.75, 3.05) is 0 Å². The molecule has 5 aromatic rings. The molecule has 2 aromatic heterocycles. The second-order valence-corrected chi connectivity index (χ2v) is 10.5. The second-order valence-electron chi connectivity index (χ2n) is 10.0. The minimum atomic E-state index is -0.657. The van der Waals surface area contributed by atoms with Crippen LogP contribution in [0.25, 0.3) is 11.1 Å². The number of carbonyl (C=O) groups excluding carboxylic acids is 1. The summed E-state index contributed by atoms with van der Waals surface area (Å²) in [5, 5.41) is 20.3. The molecule has 0 fully saturated rings. The molecule has 0 aliphatic carbocycles. The summed E-state index contributed by atoms with van der Waals surface area (Å²) in [5.41, 5.74) is 6.04. The van der Waals surface area contributed by atoms with Gasteiger partial charge in [0.15, 0.2) is 5.82 Å². The number of H-pyrrole nitrogens is 1. The van der Waals surface area contributed by atoms with Crippen LogP contribution >= 0.6 is 11.6 Å². The maximum absolute atomic E-state index is 12.5. The van der Waals surface area contributed by atoms with E-state index in [1.807, 2.05) is 61.5 Å². The van der Waals surface area contributed by atoms with Gasteiger partial charge in [-0.05, 0) is 77.1 Å². The summed E-state index contributed by atoms with van der Waals surface area (Å²) in [4.78, 5) is 36.5. The van der Waals surface area contributed by atoms with Gasteiger partial charge in [0.05, 0.1) is 6.54 Å². The zero-order valence-corrected chi connectivity index (χ0v) is 23.7. The molecule has 1 amide bonds. The van der Waals surface area contributed by atoms with Crippen LogP contribution in [0.15, 0.2) is 95.0 Å². The van der Waals surface area contributed by atoms with Crippen molar-refractivity contribution in [1.82, 2.24) is 30.5 Å².